The molecule has 0 aromatic carbocycles. The highest BCUT2D eigenvalue weighted by atomic mass is 16.5. The molecule has 2 N–H and O–H groups in total. The van der Waals surface area contributed by atoms with Gasteiger partial charge < -0.3 is 10.5 Å². The summed E-state index contributed by atoms with van der Waals surface area (Å²) in [4.78, 5) is 0. The van der Waals surface area contributed by atoms with Crippen LogP contribution in [-0.4, -0.2) is 12.8 Å². The summed E-state index contributed by atoms with van der Waals surface area (Å²) in [5.74, 6) is 0. The van der Waals surface area contributed by atoms with Gasteiger partial charge in [-0.15, -0.1) is 0 Å². The summed E-state index contributed by atoms with van der Waals surface area (Å²) in [5, 5.41) is 0. The molecule has 0 aromatic rings. The minimum absolute atomic E-state index is 0.257. The number of ether oxygens (including phenoxy) is 1. The van der Waals surface area contributed by atoms with Crippen molar-refractivity contribution in [1.82, 2.24) is 0 Å². The van der Waals surface area contributed by atoms with E-state index in [1.54, 1.807) is 0 Å². The molecule has 68 valence electrons. The lowest BCUT2D eigenvalue weighted by atomic mass is 9.83. The summed E-state index contributed by atoms with van der Waals surface area (Å²) in [6, 6.07) is 0. The van der Waals surface area contributed by atoms with Gasteiger partial charge in [0.1, 0.15) is 0 Å². The molecular weight excluding hydrogens is 138 g/mol. The summed E-state index contributed by atoms with van der Waals surface area (Å²) >= 11 is 0. The van der Waals surface area contributed by atoms with E-state index in [4.69, 9.17) is 10.5 Å². The van der Waals surface area contributed by atoms with Crippen LogP contribution in [0.1, 0.15) is 40.5 Å². The molecule has 1 atom stereocenters. The molecule has 0 amide bonds. The normalized spacial score (nSPS) is 15.0. The van der Waals surface area contributed by atoms with E-state index in [0.29, 0.717) is 6.73 Å². The fraction of sp³-hybridized carbons (Fsp3) is 1.00. The Kier molecular flexibility index (Phi) is 4.69. The monoisotopic (exact) mass is 159 g/mol. The fourth-order valence-electron chi connectivity index (χ4n) is 1.22. The first-order valence-electron chi connectivity index (χ1n) is 4.36. The van der Waals surface area contributed by atoms with Crippen molar-refractivity contribution in [2.24, 2.45) is 11.1 Å². The highest BCUT2D eigenvalue weighted by molar-refractivity contribution is 4.74. The van der Waals surface area contributed by atoms with Crippen LogP contribution in [0, 0.1) is 5.41 Å². The minimum Gasteiger partial charge on any atom is -0.363 e. The van der Waals surface area contributed by atoms with Crippen molar-refractivity contribution in [3.8, 4) is 0 Å². The smallest absolute Gasteiger partial charge is 0.0944 e. The Morgan fingerprint density at radius 3 is 2.36 bits per heavy atom. The van der Waals surface area contributed by atoms with Crippen LogP contribution >= 0.6 is 0 Å². The van der Waals surface area contributed by atoms with E-state index in [2.05, 4.69) is 27.7 Å². The summed E-state index contributed by atoms with van der Waals surface area (Å²) in [6.45, 7) is 9.04. The second-order valence-electron chi connectivity index (χ2n) is 3.71. The molecule has 0 spiro atoms. The van der Waals surface area contributed by atoms with E-state index in [1.807, 2.05) is 0 Å². The van der Waals surface area contributed by atoms with Crippen molar-refractivity contribution < 1.29 is 4.74 Å². The van der Waals surface area contributed by atoms with Crippen LogP contribution in [0.25, 0.3) is 0 Å². The van der Waals surface area contributed by atoms with Crippen LogP contribution in [-0.2, 0) is 4.74 Å². The van der Waals surface area contributed by atoms with Gasteiger partial charge in [-0.1, -0.05) is 27.2 Å². The quantitative estimate of drug-likeness (QED) is 0.624. The Hall–Kier alpha value is -0.0800. The Balaban J connectivity index is 3.83. The van der Waals surface area contributed by atoms with Crippen LogP contribution in [0.5, 0.6) is 0 Å². The molecule has 0 aliphatic heterocycles. The van der Waals surface area contributed by atoms with Crippen molar-refractivity contribution in [2.45, 2.75) is 46.6 Å². The summed E-state index contributed by atoms with van der Waals surface area (Å²) < 4.78 is 5.34. The van der Waals surface area contributed by atoms with Gasteiger partial charge in [0.25, 0.3) is 0 Å². The molecule has 2 nitrogen and oxygen atoms in total. The zero-order chi connectivity index (χ0) is 8.91. The highest BCUT2D eigenvalue weighted by Crippen LogP contribution is 2.28. The zero-order valence-corrected chi connectivity index (χ0v) is 8.18. The molecule has 0 fully saturated rings. The van der Waals surface area contributed by atoms with E-state index in [1.165, 1.54) is 12.8 Å². The SMILES string of the molecule is CCCC(C)(C)C(C)OCN. The second-order valence-corrected chi connectivity index (χ2v) is 3.71. The van der Waals surface area contributed by atoms with Crippen LogP contribution in [0.4, 0.5) is 0 Å². The molecule has 0 bridgehead atoms. The zero-order valence-electron chi connectivity index (χ0n) is 8.18. The molecule has 1 unspecified atom stereocenters. The maximum atomic E-state index is 5.34. The topological polar surface area (TPSA) is 35.2 Å². The fourth-order valence-corrected chi connectivity index (χ4v) is 1.22. The second kappa shape index (κ2) is 4.73. The number of hydrogen-bond donors (Lipinski definition) is 1. The van der Waals surface area contributed by atoms with Crippen LogP contribution in [0.3, 0.4) is 0 Å². The van der Waals surface area contributed by atoms with E-state index < -0.39 is 0 Å². The van der Waals surface area contributed by atoms with E-state index in [-0.39, 0.29) is 11.5 Å². The minimum atomic E-state index is 0.257. The summed E-state index contributed by atoms with van der Waals surface area (Å²) in [7, 11) is 0. The summed E-state index contributed by atoms with van der Waals surface area (Å²) in [5.41, 5.74) is 5.56. The average molecular weight is 159 g/mol. The standard InChI is InChI=1S/C9H21NO/c1-5-6-9(3,4)8(2)11-7-10/h8H,5-7,10H2,1-4H3. The van der Waals surface area contributed by atoms with Gasteiger partial charge in [0.15, 0.2) is 0 Å². The molecule has 0 radical (unpaired) electrons. The lowest BCUT2D eigenvalue weighted by Crippen LogP contribution is -2.31. The van der Waals surface area contributed by atoms with Gasteiger partial charge in [-0.3, -0.25) is 0 Å². The molecule has 0 saturated carbocycles. The predicted molar refractivity (Wildman–Crippen MR) is 48.3 cm³/mol. The van der Waals surface area contributed by atoms with Gasteiger partial charge in [-0.25, -0.2) is 0 Å². The van der Waals surface area contributed by atoms with Crippen molar-refractivity contribution in [2.75, 3.05) is 6.73 Å². The van der Waals surface area contributed by atoms with Crippen LogP contribution < -0.4 is 5.73 Å². The Morgan fingerprint density at radius 1 is 1.45 bits per heavy atom. The Morgan fingerprint density at radius 2 is 2.00 bits per heavy atom. The Labute approximate surface area is 70.1 Å². The van der Waals surface area contributed by atoms with Gasteiger partial charge in [-0.05, 0) is 18.8 Å². The first-order valence-corrected chi connectivity index (χ1v) is 4.36. The Bertz CT molecular complexity index is 102. The first-order chi connectivity index (χ1) is 5.04. The maximum absolute atomic E-state index is 5.34. The van der Waals surface area contributed by atoms with Gasteiger partial charge in [0.2, 0.25) is 0 Å². The molecule has 0 rings (SSSR count). The van der Waals surface area contributed by atoms with Crippen molar-refractivity contribution >= 4 is 0 Å². The largest absolute Gasteiger partial charge is 0.363 e. The van der Waals surface area contributed by atoms with Crippen molar-refractivity contribution in [1.29, 1.82) is 0 Å². The summed E-state index contributed by atoms with van der Waals surface area (Å²) in [6.07, 6.45) is 2.65. The third-order valence-electron chi connectivity index (χ3n) is 2.34. The molecular formula is C9H21NO. The van der Waals surface area contributed by atoms with Crippen molar-refractivity contribution in [3.05, 3.63) is 0 Å². The lowest BCUT2D eigenvalue weighted by Gasteiger charge is -2.30. The third-order valence-corrected chi connectivity index (χ3v) is 2.34. The average Bonchev–Trinajstić information content (AvgIpc) is 1.88. The van der Waals surface area contributed by atoms with Gasteiger partial charge >= 0.3 is 0 Å². The lowest BCUT2D eigenvalue weighted by molar-refractivity contribution is -0.0142. The molecule has 0 aliphatic rings. The van der Waals surface area contributed by atoms with E-state index in [9.17, 15) is 0 Å². The molecule has 2 heteroatoms. The first kappa shape index (κ1) is 10.9. The van der Waals surface area contributed by atoms with Crippen molar-refractivity contribution in [3.63, 3.8) is 0 Å². The van der Waals surface area contributed by atoms with E-state index in [0.717, 1.165) is 0 Å². The highest BCUT2D eigenvalue weighted by Gasteiger charge is 2.24. The molecule has 0 heterocycles. The molecule has 11 heavy (non-hydrogen) atoms. The van der Waals surface area contributed by atoms with E-state index >= 15 is 0 Å². The van der Waals surface area contributed by atoms with Crippen LogP contribution in [0.15, 0.2) is 0 Å². The molecule has 0 aromatic heterocycles. The van der Waals surface area contributed by atoms with Crippen LogP contribution in [0.2, 0.25) is 0 Å². The number of nitrogens with two attached hydrogens (primary N) is 1. The number of hydrogen-bond acceptors (Lipinski definition) is 2. The molecule has 0 aliphatic carbocycles. The predicted octanol–water partition coefficient (Wildman–Crippen LogP) is 2.13. The van der Waals surface area contributed by atoms with Gasteiger partial charge in [0.05, 0.1) is 12.8 Å². The number of rotatable bonds is 5. The maximum Gasteiger partial charge on any atom is 0.0944 e. The third kappa shape index (κ3) is 3.73. The molecule has 0 saturated heterocycles. The van der Waals surface area contributed by atoms with Gasteiger partial charge in [0, 0.05) is 0 Å². The van der Waals surface area contributed by atoms with Gasteiger partial charge in [-0.2, -0.15) is 0 Å².